The quantitative estimate of drug-likeness (QED) is 0.689. The van der Waals surface area contributed by atoms with E-state index in [9.17, 15) is 9.59 Å². The molecule has 0 spiro atoms. The van der Waals surface area contributed by atoms with Crippen molar-refractivity contribution in [3.8, 4) is 0 Å². The molecule has 86 valence electrons. The smallest absolute Gasteiger partial charge is 0.330 e. The lowest BCUT2D eigenvalue weighted by atomic mass is 10.1. The third-order valence-electron chi connectivity index (χ3n) is 1.50. The number of hydrogen-bond acceptors (Lipinski definition) is 2. The van der Waals surface area contributed by atoms with E-state index in [4.69, 9.17) is 10.2 Å². The zero-order chi connectivity index (χ0) is 12.4. The Bertz CT molecular complexity index is 241. The van der Waals surface area contributed by atoms with Gasteiger partial charge in [-0.05, 0) is 19.8 Å². The molecule has 0 unspecified atom stereocenters. The van der Waals surface area contributed by atoms with Crippen LogP contribution in [-0.4, -0.2) is 22.2 Å². The maximum Gasteiger partial charge on any atom is 0.330 e. The Labute approximate surface area is 89.9 Å². The summed E-state index contributed by atoms with van der Waals surface area (Å²) in [5, 5.41) is 16.2. The molecule has 0 aromatic carbocycles. The predicted octanol–water partition coefficient (Wildman–Crippen LogP) is 2.46. The van der Waals surface area contributed by atoms with Gasteiger partial charge in [-0.2, -0.15) is 0 Å². The van der Waals surface area contributed by atoms with Crippen LogP contribution >= 0.6 is 0 Å². The van der Waals surface area contributed by atoms with Crippen molar-refractivity contribution in [1.29, 1.82) is 0 Å². The van der Waals surface area contributed by atoms with E-state index in [2.05, 4.69) is 13.2 Å². The summed E-state index contributed by atoms with van der Waals surface area (Å²) in [6.45, 7) is 10.0. The summed E-state index contributed by atoms with van der Waals surface area (Å²) in [6, 6.07) is 0. The van der Waals surface area contributed by atoms with Crippen LogP contribution in [0.2, 0.25) is 0 Å². The molecular weight excluding hydrogens is 196 g/mol. The summed E-state index contributed by atoms with van der Waals surface area (Å²) in [5.41, 5.74) is 0.492. The highest BCUT2D eigenvalue weighted by molar-refractivity contribution is 5.85. The minimum absolute atomic E-state index is 0.176. The Morgan fingerprint density at radius 1 is 1.13 bits per heavy atom. The molecule has 0 amide bonds. The van der Waals surface area contributed by atoms with Gasteiger partial charge in [0.25, 0.3) is 0 Å². The van der Waals surface area contributed by atoms with Crippen LogP contribution in [0, 0.1) is 0 Å². The number of rotatable bonds is 5. The van der Waals surface area contributed by atoms with Crippen molar-refractivity contribution in [3.63, 3.8) is 0 Å². The minimum atomic E-state index is -0.935. The van der Waals surface area contributed by atoms with E-state index in [1.54, 1.807) is 0 Å². The predicted molar refractivity (Wildman–Crippen MR) is 58.8 cm³/mol. The van der Waals surface area contributed by atoms with Crippen LogP contribution < -0.4 is 0 Å². The zero-order valence-electron chi connectivity index (χ0n) is 9.25. The Kier molecular flexibility index (Phi) is 9.52. The van der Waals surface area contributed by atoms with Gasteiger partial charge in [0.15, 0.2) is 0 Å². The van der Waals surface area contributed by atoms with Crippen LogP contribution in [0.5, 0.6) is 0 Å². The van der Waals surface area contributed by atoms with Gasteiger partial charge in [0, 0.05) is 11.1 Å². The fourth-order valence-electron chi connectivity index (χ4n) is 0.497. The van der Waals surface area contributed by atoms with Gasteiger partial charge in [0.1, 0.15) is 0 Å². The van der Waals surface area contributed by atoms with Crippen molar-refractivity contribution in [2.45, 2.75) is 33.1 Å². The molecule has 0 saturated carbocycles. The number of carboxylic acids is 2. The molecule has 0 bridgehead atoms. The van der Waals surface area contributed by atoms with Crippen LogP contribution in [0.3, 0.4) is 0 Å². The number of carbonyl (C=O) groups is 2. The molecule has 0 heterocycles. The van der Waals surface area contributed by atoms with Gasteiger partial charge < -0.3 is 10.2 Å². The fourth-order valence-corrected chi connectivity index (χ4v) is 0.497. The first kappa shape index (κ1) is 15.9. The summed E-state index contributed by atoms with van der Waals surface area (Å²) >= 11 is 0. The SMILES string of the molecule is C=C(C)C(=O)O.C=C(CCCC)C(=O)O. The molecule has 0 aliphatic heterocycles. The lowest BCUT2D eigenvalue weighted by molar-refractivity contribution is -0.133. The average molecular weight is 214 g/mol. The van der Waals surface area contributed by atoms with Gasteiger partial charge in [-0.3, -0.25) is 0 Å². The number of hydrogen-bond donors (Lipinski definition) is 2. The summed E-state index contributed by atoms with van der Waals surface area (Å²) in [7, 11) is 0. The maximum atomic E-state index is 10.1. The maximum absolute atomic E-state index is 10.1. The van der Waals surface area contributed by atoms with Crippen molar-refractivity contribution in [2.24, 2.45) is 0 Å². The molecule has 0 rings (SSSR count). The van der Waals surface area contributed by atoms with Crippen molar-refractivity contribution >= 4 is 11.9 Å². The molecule has 0 aromatic heterocycles. The van der Waals surface area contributed by atoms with Crippen LogP contribution in [-0.2, 0) is 9.59 Å². The molecule has 0 aromatic rings. The highest BCUT2D eigenvalue weighted by Gasteiger charge is 2.00. The highest BCUT2D eigenvalue weighted by atomic mass is 16.4. The van der Waals surface area contributed by atoms with Crippen molar-refractivity contribution in [1.82, 2.24) is 0 Å². The molecule has 4 heteroatoms. The molecule has 2 N–H and O–H groups in total. The van der Waals surface area contributed by atoms with E-state index in [1.165, 1.54) is 6.92 Å². The van der Waals surface area contributed by atoms with E-state index in [-0.39, 0.29) is 5.57 Å². The van der Waals surface area contributed by atoms with Crippen LogP contribution in [0.15, 0.2) is 24.3 Å². The third kappa shape index (κ3) is 12.4. The third-order valence-corrected chi connectivity index (χ3v) is 1.50. The van der Waals surface area contributed by atoms with E-state index < -0.39 is 11.9 Å². The van der Waals surface area contributed by atoms with E-state index in [0.717, 1.165) is 12.8 Å². The number of aliphatic carboxylic acids is 2. The average Bonchev–Trinajstić information content (AvgIpc) is 2.14. The second-order valence-corrected chi connectivity index (χ2v) is 3.10. The molecule has 0 atom stereocenters. The zero-order valence-corrected chi connectivity index (χ0v) is 9.25. The molecule has 0 aliphatic carbocycles. The Balaban J connectivity index is 0. The van der Waals surface area contributed by atoms with Crippen LogP contribution in [0.25, 0.3) is 0 Å². The first-order valence-electron chi connectivity index (χ1n) is 4.62. The van der Waals surface area contributed by atoms with Gasteiger partial charge >= 0.3 is 11.9 Å². The van der Waals surface area contributed by atoms with Crippen molar-refractivity contribution in [2.75, 3.05) is 0 Å². The molecule has 15 heavy (non-hydrogen) atoms. The molecule has 4 nitrogen and oxygen atoms in total. The van der Waals surface area contributed by atoms with Crippen molar-refractivity contribution < 1.29 is 19.8 Å². The lowest BCUT2D eigenvalue weighted by Crippen LogP contribution is -1.97. The van der Waals surface area contributed by atoms with Gasteiger partial charge in [-0.15, -0.1) is 0 Å². The first-order chi connectivity index (χ1) is 6.82. The second-order valence-electron chi connectivity index (χ2n) is 3.10. The van der Waals surface area contributed by atoms with E-state index in [0.29, 0.717) is 12.0 Å². The molecule has 0 radical (unpaired) electrons. The fraction of sp³-hybridized carbons (Fsp3) is 0.455. The second kappa shape index (κ2) is 8.99. The normalized spacial score (nSPS) is 8.40. The van der Waals surface area contributed by atoms with Crippen LogP contribution in [0.4, 0.5) is 0 Å². The number of carboxylic acid groups (broad SMARTS) is 2. The van der Waals surface area contributed by atoms with Gasteiger partial charge in [-0.1, -0.05) is 26.5 Å². The first-order valence-corrected chi connectivity index (χ1v) is 4.62. The largest absolute Gasteiger partial charge is 0.478 e. The van der Waals surface area contributed by atoms with Crippen molar-refractivity contribution in [3.05, 3.63) is 24.3 Å². The molecule has 0 aliphatic rings. The summed E-state index contributed by atoms with van der Waals surface area (Å²) < 4.78 is 0. The standard InChI is InChI=1S/C7H12O2.C4H6O2/c1-3-4-5-6(2)7(8)9;1-3(2)4(5)6/h2-5H2,1H3,(H,8,9);1H2,2H3,(H,5,6). The molecule has 0 fully saturated rings. The Morgan fingerprint density at radius 2 is 1.53 bits per heavy atom. The molecule has 0 saturated heterocycles. The summed E-state index contributed by atoms with van der Waals surface area (Å²) in [5.74, 6) is -1.81. The lowest BCUT2D eigenvalue weighted by Gasteiger charge is -1.95. The summed E-state index contributed by atoms with van der Waals surface area (Å²) in [4.78, 5) is 19.7. The van der Waals surface area contributed by atoms with Gasteiger partial charge in [0.2, 0.25) is 0 Å². The highest BCUT2D eigenvalue weighted by Crippen LogP contribution is 2.03. The summed E-state index contributed by atoms with van der Waals surface area (Å²) in [6.07, 6.45) is 2.56. The Hall–Kier alpha value is -1.58. The molecular formula is C11H18O4. The van der Waals surface area contributed by atoms with E-state index in [1.807, 2.05) is 6.92 Å². The monoisotopic (exact) mass is 214 g/mol. The minimum Gasteiger partial charge on any atom is -0.478 e. The Morgan fingerprint density at radius 3 is 1.73 bits per heavy atom. The topological polar surface area (TPSA) is 74.6 Å². The van der Waals surface area contributed by atoms with Gasteiger partial charge in [0.05, 0.1) is 0 Å². The van der Waals surface area contributed by atoms with Crippen LogP contribution in [0.1, 0.15) is 33.1 Å². The van der Waals surface area contributed by atoms with Gasteiger partial charge in [-0.25, -0.2) is 9.59 Å². The number of unbranched alkanes of at least 4 members (excludes halogenated alkanes) is 1. The van der Waals surface area contributed by atoms with E-state index >= 15 is 0 Å².